The molecule has 150 valence electrons. The van der Waals surface area contributed by atoms with Gasteiger partial charge in [0.25, 0.3) is 5.91 Å². The van der Waals surface area contributed by atoms with E-state index in [0.29, 0.717) is 5.56 Å². The Morgan fingerprint density at radius 2 is 1.52 bits per heavy atom. The lowest BCUT2D eigenvalue weighted by Gasteiger charge is -2.23. The van der Waals surface area contributed by atoms with Crippen LogP contribution in [-0.4, -0.2) is 13.0 Å². The van der Waals surface area contributed by atoms with E-state index in [2.05, 4.69) is 50.4 Å². The molecule has 1 N–H and O–H groups in total. The van der Waals surface area contributed by atoms with Crippen LogP contribution in [-0.2, 0) is 0 Å². The molecular weight excluding hydrogens is 358 g/mol. The zero-order valence-electron chi connectivity index (χ0n) is 17.8. The third-order valence-corrected chi connectivity index (χ3v) is 5.35. The number of hydrogen-bond donors (Lipinski definition) is 1. The molecule has 0 fully saturated rings. The minimum atomic E-state index is -0.214. The van der Waals surface area contributed by atoms with Crippen LogP contribution in [0.4, 0.5) is 0 Å². The molecule has 3 aromatic rings. The lowest BCUT2D eigenvalue weighted by molar-refractivity contribution is 0.0942. The van der Waals surface area contributed by atoms with Gasteiger partial charge in [-0.05, 0) is 59.7 Å². The zero-order chi connectivity index (χ0) is 21.0. The minimum absolute atomic E-state index is 0.0795. The SMILES string of the molecule is COc1cc(C)c(C(=O)NC(c2ccccc2)c2ccccc2C)cc1C(C)C. The number of ether oxygens (including phenoxy) is 1. The van der Waals surface area contributed by atoms with Gasteiger partial charge in [-0.25, -0.2) is 0 Å². The summed E-state index contributed by atoms with van der Waals surface area (Å²) >= 11 is 0. The number of benzene rings is 3. The van der Waals surface area contributed by atoms with E-state index in [1.54, 1.807) is 7.11 Å². The Morgan fingerprint density at radius 1 is 0.862 bits per heavy atom. The molecule has 0 aliphatic rings. The van der Waals surface area contributed by atoms with Crippen LogP contribution in [0.5, 0.6) is 5.75 Å². The van der Waals surface area contributed by atoms with Crippen molar-refractivity contribution in [2.75, 3.05) is 7.11 Å². The van der Waals surface area contributed by atoms with E-state index in [4.69, 9.17) is 4.74 Å². The van der Waals surface area contributed by atoms with Crippen molar-refractivity contribution in [1.29, 1.82) is 0 Å². The van der Waals surface area contributed by atoms with Gasteiger partial charge in [0.1, 0.15) is 5.75 Å². The number of nitrogens with one attached hydrogen (secondary N) is 1. The summed E-state index contributed by atoms with van der Waals surface area (Å²) in [5.41, 5.74) is 5.93. The van der Waals surface area contributed by atoms with Crippen molar-refractivity contribution in [3.63, 3.8) is 0 Å². The highest BCUT2D eigenvalue weighted by Gasteiger charge is 2.22. The zero-order valence-corrected chi connectivity index (χ0v) is 17.8. The van der Waals surface area contributed by atoms with Crippen LogP contribution in [0.2, 0.25) is 0 Å². The van der Waals surface area contributed by atoms with Crippen LogP contribution in [0.3, 0.4) is 0 Å². The number of methoxy groups -OCH3 is 1. The number of rotatable bonds is 6. The maximum atomic E-state index is 13.4. The van der Waals surface area contributed by atoms with E-state index >= 15 is 0 Å². The summed E-state index contributed by atoms with van der Waals surface area (Å²) < 4.78 is 5.53. The number of amides is 1. The average molecular weight is 388 g/mol. The topological polar surface area (TPSA) is 38.3 Å². The Kier molecular flexibility index (Phi) is 6.38. The Balaban J connectivity index is 2.02. The molecule has 3 rings (SSSR count). The molecule has 3 heteroatoms. The first kappa shape index (κ1) is 20.7. The van der Waals surface area contributed by atoms with Crippen molar-refractivity contribution in [1.82, 2.24) is 5.32 Å². The van der Waals surface area contributed by atoms with Crippen LogP contribution in [0.25, 0.3) is 0 Å². The van der Waals surface area contributed by atoms with E-state index in [0.717, 1.165) is 33.6 Å². The highest BCUT2D eigenvalue weighted by Crippen LogP contribution is 2.31. The predicted molar refractivity (Wildman–Crippen MR) is 119 cm³/mol. The lowest BCUT2D eigenvalue weighted by atomic mass is 9.93. The molecular formula is C26H29NO2. The molecule has 1 unspecified atom stereocenters. The highest BCUT2D eigenvalue weighted by atomic mass is 16.5. The second kappa shape index (κ2) is 8.95. The summed E-state index contributed by atoms with van der Waals surface area (Å²) in [6, 6.07) is 22.0. The third-order valence-electron chi connectivity index (χ3n) is 5.35. The quantitative estimate of drug-likeness (QED) is 0.567. The van der Waals surface area contributed by atoms with Crippen molar-refractivity contribution in [3.8, 4) is 5.75 Å². The van der Waals surface area contributed by atoms with Crippen LogP contribution in [0.15, 0.2) is 66.7 Å². The first-order valence-corrected chi connectivity index (χ1v) is 10.0. The Morgan fingerprint density at radius 3 is 2.14 bits per heavy atom. The van der Waals surface area contributed by atoms with Crippen molar-refractivity contribution in [3.05, 3.63) is 100 Å². The molecule has 0 radical (unpaired) electrons. The summed E-state index contributed by atoms with van der Waals surface area (Å²) in [7, 11) is 1.67. The first-order valence-electron chi connectivity index (χ1n) is 10.0. The van der Waals surface area contributed by atoms with Crippen LogP contribution < -0.4 is 10.1 Å². The van der Waals surface area contributed by atoms with Gasteiger partial charge in [-0.1, -0.05) is 68.4 Å². The van der Waals surface area contributed by atoms with Crippen LogP contribution in [0, 0.1) is 13.8 Å². The molecule has 3 nitrogen and oxygen atoms in total. The van der Waals surface area contributed by atoms with Gasteiger partial charge in [0.05, 0.1) is 13.2 Å². The second-order valence-electron chi connectivity index (χ2n) is 7.74. The fraction of sp³-hybridized carbons (Fsp3) is 0.269. The van der Waals surface area contributed by atoms with Gasteiger partial charge in [-0.2, -0.15) is 0 Å². The van der Waals surface area contributed by atoms with Crippen molar-refractivity contribution in [2.45, 2.75) is 39.7 Å². The molecule has 0 saturated carbocycles. The molecule has 3 aromatic carbocycles. The smallest absolute Gasteiger partial charge is 0.252 e. The van der Waals surface area contributed by atoms with Crippen LogP contribution in [0.1, 0.15) is 64.0 Å². The van der Waals surface area contributed by atoms with Gasteiger partial charge >= 0.3 is 0 Å². The molecule has 0 aromatic heterocycles. The summed E-state index contributed by atoms with van der Waals surface area (Å²) in [6.07, 6.45) is 0. The standard InChI is InChI=1S/C26H29NO2/c1-17(2)22-16-23(19(4)15-24(22)29-5)26(28)27-25(20-12-7-6-8-13-20)21-14-10-9-11-18(21)3/h6-17,25H,1-5H3,(H,27,28). The Labute approximate surface area is 173 Å². The second-order valence-corrected chi connectivity index (χ2v) is 7.74. The Bertz CT molecular complexity index is 993. The molecule has 0 spiro atoms. The Hall–Kier alpha value is -3.07. The molecule has 29 heavy (non-hydrogen) atoms. The maximum absolute atomic E-state index is 13.4. The molecule has 0 bridgehead atoms. The van der Waals surface area contributed by atoms with Gasteiger partial charge in [-0.3, -0.25) is 4.79 Å². The number of aryl methyl sites for hydroxylation is 2. The van der Waals surface area contributed by atoms with E-state index in [-0.39, 0.29) is 17.9 Å². The summed E-state index contributed by atoms with van der Waals surface area (Å²) in [6.45, 7) is 8.24. The van der Waals surface area contributed by atoms with Crippen molar-refractivity contribution < 1.29 is 9.53 Å². The molecule has 0 heterocycles. The van der Waals surface area contributed by atoms with E-state index in [1.807, 2.05) is 49.4 Å². The van der Waals surface area contributed by atoms with Gasteiger partial charge in [0, 0.05) is 5.56 Å². The monoisotopic (exact) mass is 387 g/mol. The largest absolute Gasteiger partial charge is 0.496 e. The summed E-state index contributed by atoms with van der Waals surface area (Å²) in [5.74, 6) is 1.01. The molecule has 0 aliphatic heterocycles. The first-order chi connectivity index (χ1) is 13.9. The molecule has 0 aliphatic carbocycles. The number of carbonyl (C=O) groups excluding carboxylic acids is 1. The van der Waals surface area contributed by atoms with Crippen molar-refractivity contribution >= 4 is 5.91 Å². The van der Waals surface area contributed by atoms with E-state index in [1.165, 1.54) is 0 Å². The summed E-state index contributed by atoms with van der Waals surface area (Å²) in [5, 5.41) is 3.27. The number of hydrogen-bond acceptors (Lipinski definition) is 2. The predicted octanol–water partition coefficient (Wildman–Crippen LogP) is 5.95. The lowest BCUT2D eigenvalue weighted by Crippen LogP contribution is -2.30. The molecule has 1 amide bonds. The third kappa shape index (κ3) is 4.51. The summed E-state index contributed by atoms with van der Waals surface area (Å²) in [4.78, 5) is 13.4. The van der Waals surface area contributed by atoms with E-state index < -0.39 is 0 Å². The number of carbonyl (C=O) groups is 1. The van der Waals surface area contributed by atoms with Crippen LogP contribution >= 0.6 is 0 Å². The maximum Gasteiger partial charge on any atom is 0.252 e. The van der Waals surface area contributed by atoms with Crippen molar-refractivity contribution in [2.24, 2.45) is 0 Å². The minimum Gasteiger partial charge on any atom is -0.496 e. The van der Waals surface area contributed by atoms with E-state index in [9.17, 15) is 4.79 Å². The molecule has 1 atom stereocenters. The fourth-order valence-electron chi connectivity index (χ4n) is 3.68. The van der Waals surface area contributed by atoms with Gasteiger partial charge in [0.2, 0.25) is 0 Å². The van der Waals surface area contributed by atoms with Gasteiger partial charge in [0.15, 0.2) is 0 Å². The van der Waals surface area contributed by atoms with Gasteiger partial charge < -0.3 is 10.1 Å². The fourth-order valence-corrected chi connectivity index (χ4v) is 3.68. The molecule has 0 saturated heterocycles. The highest BCUT2D eigenvalue weighted by molar-refractivity contribution is 5.96. The normalized spacial score (nSPS) is 11.9. The van der Waals surface area contributed by atoms with Gasteiger partial charge in [-0.15, -0.1) is 0 Å². The average Bonchev–Trinajstić information content (AvgIpc) is 2.72.